The summed E-state index contributed by atoms with van der Waals surface area (Å²) in [5.41, 5.74) is 0. The predicted molar refractivity (Wildman–Crippen MR) is 69.4 cm³/mol. The molecule has 0 aromatic rings. The van der Waals surface area contributed by atoms with Crippen molar-refractivity contribution in [1.82, 2.24) is 0 Å². The Morgan fingerprint density at radius 3 is 1.73 bits per heavy atom. The Hall–Kier alpha value is 0.310. The second-order valence-corrected chi connectivity index (χ2v) is 5.67. The van der Waals surface area contributed by atoms with Crippen LogP contribution >= 0.6 is 11.8 Å². The fraction of sp³-hybridized carbons (Fsp3) is 1.00. The van der Waals surface area contributed by atoms with Gasteiger partial charge in [0.25, 0.3) is 0 Å². The molecule has 0 heterocycles. The lowest BCUT2D eigenvalue weighted by molar-refractivity contribution is 0.0402. The van der Waals surface area contributed by atoms with E-state index < -0.39 is 0 Å². The van der Waals surface area contributed by atoms with Crippen LogP contribution in [0.3, 0.4) is 0 Å². The molecule has 90 valence electrons. The van der Waals surface area contributed by atoms with Gasteiger partial charge in [-0.3, -0.25) is 0 Å². The summed E-state index contributed by atoms with van der Waals surface area (Å²) >= 11 is 1.88. The van der Waals surface area contributed by atoms with Crippen molar-refractivity contribution in [3.05, 3.63) is 0 Å². The maximum absolute atomic E-state index is 5.70. The van der Waals surface area contributed by atoms with E-state index in [4.69, 9.17) is 4.74 Å². The third-order valence-corrected chi connectivity index (χ3v) is 4.66. The normalized spacial score (nSPS) is 23.6. The molecule has 0 spiro atoms. The fourth-order valence-corrected chi connectivity index (χ4v) is 3.40. The highest BCUT2D eigenvalue weighted by Crippen LogP contribution is 2.40. The lowest BCUT2D eigenvalue weighted by Crippen LogP contribution is -2.23. The Kier molecular flexibility index (Phi) is 6.74. The van der Waals surface area contributed by atoms with E-state index in [-0.39, 0.29) is 4.93 Å². The molecule has 15 heavy (non-hydrogen) atoms. The average molecular weight is 230 g/mol. The summed E-state index contributed by atoms with van der Waals surface area (Å²) in [6.45, 7) is 2.94. The molecule has 0 bridgehead atoms. The smallest absolute Gasteiger partial charge is 0.113 e. The van der Waals surface area contributed by atoms with Crippen molar-refractivity contribution >= 4 is 11.8 Å². The molecule has 2 aliphatic rings. The minimum Gasteiger partial charge on any atom is -0.365 e. The van der Waals surface area contributed by atoms with E-state index in [0.29, 0.717) is 0 Å². The molecule has 2 aliphatic carbocycles. The standard InChI is InChI=1S/C8H16OS.C5H10/c1-3-9-8(10-2)6-4-5-7-8;1-2-4-5-3-1/h3-7H2,1-2H3;1-5H2. The Bertz CT molecular complexity index is 141. The molecule has 0 saturated heterocycles. The molecule has 0 aromatic carbocycles. The quantitative estimate of drug-likeness (QED) is 0.655. The molecule has 0 amide bonds. The zero-order valence-electron chi connectivity index (χ0n) is 10.4. The van der Waals surface area contributed by atoms with Gasteiger partial charge in [0.05, 0.1) is 0 Å². The molecule has 0 aromatic heterocycles. The molecule has 2 rings (SSSR count). The average Bonchev–Trinajstić information content (AvgIpc) is 2.93. The van der Waals surface area contributed by atoms with E-state index in [9.17, 15) is 0 Å². The molecule has 0 N–H and O–H groups in total. The minimum absolute atomic E-state index is 0.203. The Morgan fingerprint density at radius 2 is 1.40 bits per heavy atom. The van der Waals surface area contributed by atoms with Gasteiger partial charge in [0, 0.05) is 6.61 Å². The van der Waals surface area contributed by atoms with E-state index in [1.807, 2.05) is 11.8 Å². The van der Waals surface area contributed by atoms with Gasteiger partial charge in [-0.2, -0.15) is 0 Å². The summed E-state index contributed by atoms with van der Waals surface area (Å²) in [4.78, 5) is 0.203. The number of rotatable bonds is 3. The molecule has 2 heteroatoms. The summed E-state index contributed by atoms with van der Waals surface area (Å²) in [7, 11) is 0. The minimum atomic E-state index is 0.203. The highest BCUT2D eigenvalue weighted by molar-refractivity contribution is 7.99. The number of ether oxygens (including phenoxy) is 1. The van der Waals surface area contributed by atoms with E-state index >= 15 is 0 Å². The van der Waals surface area contributed by atoms with Crippen molar-refractivity contribution in [1.29, 1.82) is 0 Å². The molecule has 0 atom stereocenters. The van der Waals surface area contributed by atoms with Crippen molar-refractivity contribution in [3.63, 3.8) is 0 Å². The second kappa shape index (κ2) is 7.56. The van der Waals surface area contributed by atoms with Crippen molar-refractivity contribution in [3.8, 4) is 0 Å². The van der Waals surface area contributed by atoms with Crippen LogP contribution in [-0.4, -0.2) is 17.8 Å². The first-order valence-electron chi connectivity index (χ1n) is 6.52. The van der Waals surface area contributed by atoms with Gasteiger partial charge in [-0.05, 0) is 38.9 Å². The molecular weight excluding hydrogens is 204 g/mol. The van der Waals surface area contributed by atoms with Crippen LogP contribution in [0.2, 0.25) is 0 Å². The van der Waals surface area contributed by atoms with Crippen LogP contribution in [0, 0.1) is 0 Å². The van der Waals surface area contributed by atoms with Gasteiger partial charge in [-0.15, -0.1) is 11.8 Å². The van der Waals surface area contributed by atoms with Gasteiger partial charge in [-0.1, -0.05) is 32.1 Å². The van der Waals surface area contributed by atoms with Gasteiger partial charge in [0.1, 0.15) is 4.93 Å². The van der Waals surface area contributed by atoms with Crippen LogP contribution in [0.5, 0.6) is 0 Å². The van der Waals surface area contributed by atoms with E-state index in [0.717, 1.165) is 6.61 Å². The van der Waals surface area contributed by atoms with E-state index in [1.165, 1.54) is 57.8 Å². The zero-order valence-corrected chi connectivity index (χ0v) is 11.2. The molecule has 2 saturated carbocycles. The summed E-state index contributed by atoms with van der Waals surface area (Å²) < 4.78 is 5.70. The first kappa shape index (κ1) is 13.4. The van der Waals surface area contributed by atoms with Gasteiger partial charge in [-0.25, -0.2) is 0 Å². The Labute approximate surface area is 99.3 Å². The third kappa shape index (κ3) is 4.78. The zero-order chi connectivity index (χ0) is 11.0. The monoisotopic (exact) mass is 230 g/mol. The molecule has 2 fully saturated rings. The summed E-state index contributed by atoms with van der Waals surface area (Å²) in [5, 5.41) is 0. The summed E-state index contributed by atoms with van der Waals surface area (Å²) in [6, 6.07) is 0. The van der Waals surface area contributed by atoms with Crippen LogP contribution in [0.15, 0.2) is 0 Å². The maximum Gasteiger partial charge on any atom is 0.113 e. The predicted octanol–water partition coefficient (Wildman–Crippen LogP) is 4.61. The molecule has 0 aliphatic heterocycles. The summed E-state index contributed by atoms with van der Waals surface area (Å²) in [5.74, 6) is 0. The lowest BCUT2D eigenvalue weighted by atomic mass is 10.3. The van der Waals surface area contributed by atoms with Crippen molar-refractivity contribution < 1.29 is 4.74 Å². The highest BCUT2D eigenvalue weighted by Gasteiger charge is 2.32. The highest BCUT2D eigenvalue weighted by atomic mass is 32.2. The van der Waals surface area contributed by atoms with Crippen molar-refractivity contribution in [2.45, 2.75) is 69.6 Å². The SMILES string of the molecule is C1CCCC1.CCOC1(SC)CCCC1. The fourth-order valence-electron chi connectivity index (χ4n) is 2.47. The number of hydrogen-bond donors (Lipinski definition) is 0. The van der Waals surface area contributed by atoms with Crippen LogP contribution in [0.25, 0.3) is 0 Å². The first-order chi connectivity index (χ1) is 7.33. The van der Waals surface area contributed by atoms with Crippen LogP contribution < -0.4 is 0 Å². The second-order valence-electron chi connectivity index (χ2n) is 4.52. The van der Waals surface area contributed by atoms with E-state index in [2.05, 4.69) is 13.2 Å². The summed E-state index contributed by atoms with van der Waals surface area (Å²) in [6.07, 6.45) is 14.9. The van der Waals surface area contributed by atoms with Crippen molar-refractivity contribution in [2.75, 3.05) is 12.9 Å². The third-order valence-electron chi connectivity index (χ3n) is 3.39. The number of thioether (sulfide) groups is 1. The Balaban J connectivity index is 0.000000187. The molecule has 0 unspecified atom stereocenters. The van der Waals surface area contributed by atoms with Gasteiger partial charge in [0.15, 0.2) is 0 Å². The van der Waals surface area contributed by atoms with E-state index in [1.54, 1.807) is 0 Å². The maximum atomic E-state index is 5.70. The van der Waals surface area contributed by atoms with Gasteiger partial charge >= 0.3 is 0 Å². The van der Waals surface area contributed by atoms with Crippen LogP contribution in [0.1, 0.15) is 64.7 Å². The Morgan fingerprint density at radius 1 is 0.933 bits per heavy atom. The largest absolute Gasteiger partial charge is 0.365 e. The molecular formula is C13H26OS. The van der Waals surface area contributed by atoms with Crippen LogP contribution in [0.4, 0.5) is 0 Å². The molecule has 1 nitrogen and oxygen atoms in total. The van der Waals surface area contributed by atoms with Gasteiger partial charge in [0.2, 0.25) is 0 Å². The van der Waals surface area contributed by atoms with Crippen LogP contribution in [-0.2, 0) is 4.74 Å². The topological polar surface area (TPSA) is 9.23 Å². The number of hydrogen-bond acceptors (Lipinski definition) is 2. The first-order valence-corrected chi connectivity index (χ1v) is 7.74. The molecule has 0 radical (unpaired) electrons. The van der Waals surface area contributed by atoms with Gasteiger partial charge < -0.3 is 4.74 Å². The van der Waals surface area contributed by atoms with Crippen molar-refractivity contribution in [2.24, 2.45) is 0 Å². The lowest BCUT2D eigenvalue weighted by Gasteiger charge is -2.26.